The van der Waals surface area contributed by atoms with Gasteiger partial charge in [-0.05, 0) is 24.7 Å². The number of rotatable bonds is 3. The number of anilines is 1. The summed E-state index contributed by atoms with van der Waals surface area (Å²) in [6.45, 7) is 1.32. The Morgan fingerprint density at radius 3 is 2.71 bits per heavy atom. The van der Waals surface area contributed by atoms with Crippen molar-refractivity contribution in [1.29, 1.82) is 0 Å². The first-order valence-electron chi connectivity index (χ1n) is 7.24. The second-order valence-corrected chi connectivity index (χ2v) is 8.57. The number of nitrogens with one attached hydrogen (secondary N) is 1. The molecule has 0 spiro atoms. The van der Waals surface area contributed by atoms with Gasteiger partial charge in [-0.15, -0.1) is 11.3 Å². The Bertz CT molecular complexity index is 767. The minimum atomic E-state index is -3.50. The maximum absolute atomic E-state index is 13.0. The summed E-state index contributed by atoms with van der Waals surface area (Å²) in [6, 6.07) is 0. The highest BCUT2D eigenvalue weighted by atomic mass is 32.2. The highest BCUT2D eigenvalue weighted by Crippen LogP contribution is 2.40. The average Bonchev–Trinajstić information content (AvgIpc) is 3.16. The molecule has 0 bridgehead atoms. The van der Waals surface area contributed by atoms with Gasteiger partial charge >= 0.3 is 0 Å². The van der Waals surface area contributed by atoms with Crippen LogP contribution in [0.25, 0.3) is 4.96 Å². The van der Waals surface area contributed by atoms with Gasteiger partial charge in [0.05, 0.1) is 0 Å². The van der Waals surface area contributed by atoms with E-state index in [1.165, 1.54) is 17.8 Å². The quantitative estimate of drug-likeness (QED) is 0.935. The highest BCUT2D eigenvalue weighted by molar-refractivity contribution is 7.89. The number of fused-ring (bicyclic) bond motifs is 2. The van der Waals surface area contributed by atoms with Gasteiger partial charge in [0.25, 0.3) is 10.0 Å². The Balaban J connectivity index is 1.78. The lowest BCUT2D eigenvalue weighted by atomic mass is 10.0. The second-order valence-electron chi connectivity index (χ2n) is 5.84. The summed E-state index contributed by atoms with van der Waals surface area (Å²) in [5, 5.41) is 5.06. The molecule has 0 radical (unpaired) electrons. The van der Waals surface area contributed by atoms with Crippen molar-refractivity contribution in [3.05, 3.63) is 11.6 Å². The van der Waals surface area contributed by atoms with Crippen LogP contribution in [0.1, 0.15) is 19.3 Å². The molecule has 8 heteroatoms. The van der Waals surface area contributed by atoms with Gasteiger partial charge in [-0.25, -0.2) is 13.4 Å². The molecule has 1 N–H and O–H groups in total. The molecule has 21 heavy (non-hydrogen) atoms. The van der Waals surface area contributed by atoms with Crippen LogP contribution in [0.3, 0.4) is 0 Å². The third-order valence-corrected chi connectivity index (χ3v) is 7.35. The first-order chi connectivity index (χ1) is 10.1. The van der Waals surface area contributed by atoms with Crippen molar-refractivity contribution in [3.8, 4) is 0 Å². The van der Waals surface area contributed by atoms with Gasteiger partial charge in [-0.3, -0.25) is 4.40 Å². The number of hydrogen-bond donors (Lipinski definition) is 1. The minimum absolute atomic E-state index is 0.279. The van der Waals surface area contributed by atoms with Crippen LogP contribution in [0.4, 0.5) is 5.82 Å². The minimum Gasteiger partial charge on any atom is -0.371 e. The summed E-state index contributed by atoms with van der Waals surface area (Å²) in [6.07, 6.45) is 5.34. The van der Waals surface area contributed by atoms with Crippen molar-refractivity contribution in [2.24, 2.45) is 11.8 Å². The molecule has 4 rings (SSSR count). The van der Waals surface area contributed by atoms with Crippen molar-refractivity contribution in [2.75, 3.05) is 25.5 Å². The topological polar surface area (TPSA) is 66.7 Å². The first kappa shape index (κ1) is 13.5. The van der Waals surface area contributed by atoms with Gasteiger partial charge in [0, 0.05) is 31.7 Å². The number of imidazole rings is 1. The Morgan fingerprint density at radius 1 is 1.33 bits per heavy atom. The van der Waals surface area contributed by atoms with E-state index in [9.17, 15) is 8.42 Å². The van der Waals surface area contributed by atoms with Crippen LogP contribution in [-0.2, 0) is 10.0 Å². The van der Waals surface area contributed by atoms with E-state index < -0.39 is 10.0 Å². The molecule has 114 valence electrons. The predicted octanol–water partition coefficient (Wildman–Crippen LogP) is 1.86. The molecule has 6 nitrogen and oxygen atoms in total. The molecule has 0 aromatic carbocycles. The average molecular weight is 326 g/mol. The van der Waals surface area contributed by atoms with E-state index in [4.69, 9.17) is 0 Å². The molecule has 2 atom stereocenters. The number of aromatic nitrogens is 2. The standard InChI is InChI=1S/C13H18N4O2S2/c1-14-11-12(17-5-6-20-13(17)15-11)21(18,19)16-7-9-3-2-4-10(9)8-16/h5-6,9-10,14H,2-4,7-8H2,1H3. The lowest BCUT2D eigenvalue weighted by Crippen LogP contribution is -2.31. The Morgan fingerprint density at radius 2 is 2.05 bits per heavy atom. The van der Waals surface area contributed by atoms with E-state index in [-0.39, 0.29) is 5.03 Å². The summed E-state index contributed by atoms with van der Waals surface area (Å²) in [5.41, 5.74) is 0. The molecular weight excluding hydrogens is 308 g/mol. The van der Waals surface area contributed by atoms with Crippen molar-refractivity contribution in [2.45, 2.75) is 24.3 Å². The molecule has 2 aromatic rings. The first-order valence-corrected chi connectivity index (χ1v) is 9.56. The van der Waals surface area contributed by atoms with Crippen molar-refractivity contribution >= 4 is 32.1 Å². The second kappa shape index (κ2) is 4.69. The van der Waals surface area contributed by atoms with Crippen LogP contribution < -0.4 is 5.32 Å². The monoisotopic (exact) mass is 326 g/mol. The van der Waals surface area contributed by atoms with E-state index in [1.54, 1.807) is 22.0 Å². The SMILES string of the molecule is CNc1nc2sccn2c1S(=O)(=O)N1CC2CCCC2C1. The predicted molar refractivity (Wildman–Crippen MR) is 82.2 cm³/mol. The van der Waals surface area contributed by atoms with Gasteiger partial charge in [-0.2, -0.15) is 4.31 Å². The zero-order chi connectivity index (χ0) is 14.6. The van der Waals surface area contributed by atoms with Crippen LogP contribution in [0.2, 0.25) is 0 Å². The molecule has 1 aliphatic heterocycles. The van der Waals surface area contributed by atoms with Crippen molar-refractivity contribution in [3.63, 3.8) is 0 Å². The summed E-state index contributed by atoms with van der Waals surface area (Å²) < 4.78 is 29.4. The lowest BCUT2D eigenvalue weighted by molar-refractivity contribution is 0.443. The third-order valence-electron chi connectivity index (χ3n) is 4.73. The molecule has 2 aliphatic rings. The summed E-state index contributed by atoms with van der Waals surface area (Å²) >= 11 is 1.44. The van der Waals surface area contributed by atoms with Crippen molar-refractivity contribution < 1.29 is 8.42 Å². The summed E-state index contributed by atoms with van der Waals surface area (Å²) in [4.78, 5) is 5.07. The zero-order valence-corrected chi connectivity index (χ0v) is 13.5. The fourth-order valence-electron chi connectivity index (χ4n) is 3.68. The van der Waals surface area contributed by atoms with Gasteiger partial charge < -0.3 is 5.32 Å². The molecule has 1 saturated heterocycles. The number of hydrogen-bond acceptors (Lipinski definition) is 5. The Labute approximate surface area is 127 Å². The fraction of sp³-hybridized carbons (Fsp3) is 0.615. The molecule has 1 saturated carbocycles. The van der Waals surface area contributed by atoms with Crippen LogP contribution in [0.15, 0.2) is 16.6 Å². The Hall–Kier alpha value is -1.12. The molecule has 3 heterocycles. The van der Waals surface area contributed by atoms with E-state index in [0.29, 0.717) is 35.7 Å². The van der Waals surface area contributed by atoms with E-state index in [2.05, 4.69) is 10.3 Å². The van der Waals surface area contributed by atoms with E-state index in [1.807, 2.05) is 5.38 Å². The molecule has 2 fully saturated rings. The zero-order valence-electron chi connectivity index (χ0n) is 11.8. The summed E-state index contributed by atoms with van der Waals surface area (Å²) in [5.74, 6) is 1.53. The number of sulfonamides is 1. The van der Waals surface area contributed by atoms with Crippen LogP contribution in [-0.4, -0.2) is 42.2 Å². The highest BCUT2D eigenvalue weighted by Gasteiger charge is 2.43. The van der Waals surface area contributed by atoms with Crippen LogP contribution >= 0.6 is 11.3 Å². The third kappa shape index (κ3) is 1.92. The number of thiazole rings is 1. The van der Waals surface area contributed by atoms with Crippen LogP contribution in [0, 0.1) is 11.8 Å². The normalized spacial score (nSPS) is 26.5. The van der Waals surface area contributed by atoms with Gasteiger partial charge in [0.1, 0.15) is 0 Å². The molecule has 0 amide bonds. The van der Waals surface area contributed by atoms with Crippen LogP contribution in [0.5, 0.6) is 0 Å². The van der Waals surface area contributed by atoms with Gasteiger partial charge in [0.2, 0.25) is 0 Å². The van der Waals surface area contributed by atoms with Crippen molar-refractivity contribution in [1.82, 2.24) is 13.7 Å². The maximum atomic E-state index is 13.0. The van der Waals surface area contributed by atoms with Gasteiger partial charge in [0.15, 0.2) is 15.8 Å². The number of nitrogens with zero attached hydrogens (tertiary/aromatic N) is 3. The largest absolute Gasteiger partial charge is 0.371 e. The molecule has 2 aromatic heterocycles. The summed E-state index contributed by atoms with van der Waals surface area (Å²) in [7, 11) is -1.79. The van der Waals surface area contributed by atoms with E-state index in [0.717, 1.165) is 12.8 Å². The smallest absolute Gasteiger partial charge is 0.262 e. The maximum Gasteiger partial charge on any atom is 0.262 e. The fourth-order valence-corrected chi connectivity index (χ4v) is 6.26. The Kier molecular flexibility index (Phi) is 3.02. The molecular formula is C13H18N4O2S2. The molecule has 2 unspecified atom stereocenters. The lowest BCUT2D eigenvalue weighted by Gasteiger charge is -2.17. The van der Waals surface area contributed by atoms with Gasteiger partial charge in [-0.1, -0.05) is 6.42 Å². The molecule has 1 aliphatic carbocycles. The van der Waals surface area contributed by atoms with E-state index >= 15 is 0 Å².